The molecule has 1 N–H and O–H groups in total. The van der Waals surface area contributed by atoms with Crippen LogP contribution in [0.25, 0.3) is 0 Å². The van der Waals surface area contributed by atoms with Crippen LogP contribution in [0, 0.1) is 17.8 Å². The summed E-state index contributed by atoms with van der Waals surface area (Å²) in [5.41, 5.74) is -0.735. The quantitative estimate of drug-likeness (QED) is 0.290. The Labute approximate surface area is 179 Å². The highest BCUT2D eigenvalue weighted by Gasteiger charge is 2.81. The lowest BCUT2D eigenvalue weighted by Gasteiger charge is -2.33. The van der Waals surface area contributed by atoms with Gasteiger partial charge in [0.25, 0.3) is 0 Å². The van der Waals surface area contributed by atoms with E-state index in [0.717, 1.165) is 0 Å². The summed E-state index contributed by atoms with van der Waals surface area (Å²) < 4.78 is 28.1. The molecule has 0 unspecified atom stereocenters. The number of carbonyl (C=O) groups excluding carboxylic acids is 3. The molecule has 0 bridgehead atoms. The second kappa shape index (κ2) is 6.63. The van der Waals surface area contributed by atoms with Crippen molar-refractivity contribution in [2.24, 2.45) is 17.8 Å². The van der Waals surface area contributed by atoms with E-state index in [9.17, 15) is 19.5 Å². The molecule has 5 fully saturated rings. The maximum atomic E-state index is 12.8. The fourth-order valence-electron chi connectivity index (χ4n) is 5.90. The van der Waals surface area contributed by atoms with Gasteiger partial charge in [0.15, 0.2) is 0 Å². The van der Waals surface area contributed by atoms with Gasteiger partial charge in [0.1, 0.15) is 36.1 Å². The number of aliphatic hydroxyl groups excluding tert-OH is 1. The van der Waals surface area contributed by atoms with E-state index in [1.807, 2.05) is 6.92 Å². The molecule has 168 valence electrons. The third kappa shape index (κ3) is 2.97. The summed E-state index contributed by atoms with van der Waals surface area (Å²) in [6, 6.07) is 0. The van der Waals surface area contributed by atoms with Gasteiger partial charge in [-0.1, -0.05) is 6.58 Å². The van der Waals surface area contributed by atoms with Crippen LogP contribution in [0.2, 0.25) is 0 Å². The van der Waals surface area contributed by atoms with Crippen molar-refractivity contribution in [2.45, 2.75) is 62.8 Å². The average molecular weight is 434 g/mol. The van der Waals surface area contributed by atoms with E-state index in [1.54, 1.807) is 6.92 Å². The van der Waals surface area contributed by atoms with Gasteiger partial charge in [-0.15, -0.1) is 0 Å². The van der Waals surface area contributed by atoms with Crippen LogP contribution in [-0.2, 0) is 38.1 Å². The molecule has 0 aromatic rings. The van der Waals surface area contributed by atoms with E-state index >= 15 is 0 Å². The molecule has 1 spiro atoms. The highest BCUT2D eigenvalue weighted by Crippen LogP contribution is 2.67. The molecular formula is C22H26O9. The second-order valence-corrected chi connectivity index (χ2v) is 9.38. The number of rotatable bonds is 4. The van der Waals surface area contributed by atoms with Crippen molar-refractivity contribution < 1.29 is 43.2 Å². The van der Waals surface area contributed by atoms with Crippen LogP contribution in [-0.4, -0.2) is 71.8 Å². The number of fused-ring (bicyclic) bond motifs is 6. The zero-order chi connectivity index (χ0) is 22.3. The summed E-state index contributed by atoms with van der Waals surface area (Å²) in [4.78, 5) is 36.1. The maximum absolute atomic E-state index is 12.8. The van der Waals surface area contributed by atoms with E-state index in [0.29, 0.717) is 13.0 Å². The first kappa shape index (κ1) is 20.7. The highest BCUT2D eigenvalue weighted by molar-refractivity contribution is 5.92. The minimum Gasteiger partial charge on any atom is -0.462 e. The normalized spacial score (nSPS) is 47.1. The third-order valence-electron chi connectivity index (χ3n) is 7.56. The van der Waals surface area contributed by atoms with Gasteiger partial charge in [-0.25, -0.2) is 9.59 Å². The van der Waals surface area contributed by atoms with Crippen molar-refractivity contribution in [3.8, 4) is 0 Å². The molecule has 5 rings (SSSR count). The van der Waals surface area contributed by atoms with Crippen molar-refractivity contribution in [1.29, 1.82) is 0 Å². The Morgan fingerprint density at radius 3 is 2.68 bits per heavy atom. The first-order valence-corrected chi connectivity index (χ1v) is 10.5. The molecule has 3 saturated heterocycles. The molecule has 9 nitrogen and oxygen atoms in total. The summed E-state index contributed by atoms with van der Waals surface area (Å²) in [5, 5.41) is 10.9. The Morgan fingerprint density at radius 1 is 1.32 bits per heavy atom. The Kier molecular flexibility index (Phi) is 4.42. The summed E-state index contributed by atoms with van der Waals surface area (Å²) in [6.07, 6.45) is -0.603. The van der Waals surface area contributed by atoms with Gasteiger partial charge >= 0.3 is 17.9 Å². The monoisotopic (exact) mass is 434 g/mol. The fourth-order valence-corrected chi connectivity index (χ4v) is 5.90. The Balaban J connectivity index is 1.44. The van der Waals surface area contributed by atoms with E-state index in [-0.39, 0.29) is 35.7 Å². The van der Waals surface area contributed by atoms with Crippen LogP contribution in [0.3, 0.4) is 0 Å². The van der Waals surface area contributed by atoms with Crippen LogP contribution in [0.5, 0.6) is 0 Å². The molecule has 5 aliphatic rings. The van der Waals surface area contributed by atoms with Gasteiger partial charge in [0.2, 0.25) is 0 Å². The average Bonchev–Trinajstić information content (AvgIpc) is 3.57. The van der Waals surface area contributed by atoms with Gasteiger partial charge in [-0.2, -0.15) is 0 Å². The van der Waals surface area contributed by atoms with Crippen molar-refractivity contribution in [1.82, 2.24) is 0 Å². The summed E-state index contributed by atoms with van der Waals surface area (Å²) >= 11 is 0. The molecule has 31 heavy (non-hydrogen) atoms. The number of esters is 3. The Bertz CT molecular complexity index is 903. The van der Waals surface area contributed by atoms with Crippen molar-refractivity contribution in [3.63, 3.8) is 0 Å². The number of aliphatic hydroxyl groups is 1. The molecular weight excluding hydrogens is 408 g/mol. The smallest absolute Gasteiger partial charge is 0.334 e. The zero-order valence-corrected chi connectivity index (χ0v) is 17.7. The molecule has 0 aromatic carbocycles. The SMILES string of the molecule is C=C1C(=O)O[C@H]2[C@H]1[C@@H](OC(=O)/C(C)=C/COC(C)=O)C[C@@]1(CO1)[C@H]1[C@@H](O)[C@H]3O[C@]3(C)[C@H]21. The summed E-state index contributed by atoms with van der Waals surface area (Å²) in [5.74, 6) is -2.68. The largest absolute Gasteiger partial charge is 0.462 e. The van der Waals surface area contributed by atoms with E-state index in [4.69, 9.17) is 23.7 Å². The fraction of sp³-hybridized carbons (Fsp3) is 0.682. The number of carbonyl (C=O) groups is 3. The van der Waals surface area contributed by atoms with Crippen LogP contribution in [0.15, 0.2) is 23.8 Å². The summed E-state index contributed by atoms with van der Waals surface area (Å²) in [6.45, 7) is 9.07. The number of hydrogen-bond donors (Lipinski definition) is 1. The first-order chi connectivity index (χ1) is 14.6. The molecule has 0 radical (unpaired) electrons. The lowest BCUT2D eigenvalue weighted by Crippen LogP contribution is -2.44. The molecule has 9 atom stereocenters. The number of epoxide rings is 2. The Hall–Kier alpha value is -2.23. The molecule has 9 heteroatoms. The predicted octanol–water partition coefficient (Wildman–Crippen LogP) is 0.442. The van der Waals surface area contributed by atoms with E-state index in [2.05, 4.69) is 6.58 Å². The second-order valence-electron chi connectivity index (χ2n) is 9.38. The van der Waals surface area contributed by atoms with Gasteiger partial charge in [0, 0.05) is 36.3 Å². The molecule has 3 heterocycles. The zero-order valence-electron chi connectivity index (χ0n) is 17.7. The molecule has 2 saturated carbocycles. The van der Waals surface area contributed by atoms with E-state index < -0.39 is 53.3 Å². The number of ether oxygens (including phenoxy) is 5. The van der Waals surface area contributed by atoms with Gasteiger partial charge < -0.3 is 28.8 Å². The van der Waals surface area contributed by atoms with Crippen LogP contribution >= 0.6 is 0 Å². The Morgan fingerprint density at radius 2 is 2.03 bits per heavy atom. The highest BCUT2D eigenvalue weighted by atomic mass is 16.6. The van der Waals surface area contributed by atoms with E-state index in [1.165, 1.54) is 13.0 Å². The van der Waals surface area contributed by atoms with Crippen molar-refractivity contribution in [2.75, 3.05) is 13.2 Å². The van der Waals surface area contributed by atoms with Crippen LogP contribution < -0.4 is 0 Å². The first-order valence-electron chi connectivity index (χ1n) is 10.5. The predicted molar refractivity (Wildman–Crippen MR) is 102 cm³/mol. The van der Waals surface area contributed by atoms with Crippen LogP contribution in [0.4, 0.5) is 0 Å². The molecule has 0 aromatic heterocycles. The minimum absolute atomic E-state index is 0.0399. The standard InChI is InChI=1S/C22H26O9/c1-9(5-6-27-11(3)23)19(25)29-12-7-22(8-28-22)14-15(21(4)18(31-21)16(14)24)17-13(12)10(2)20(26)30-17/h5,12-18,24H,2,6-8H2,1,3-4H3/b9-5+/t12-,13+,14+,15-,16+,17-,18+,21+,22+/m0/s1. The minimum atomic E-state index is -0.745. The third-order valence-corrected chi connectivity index (χ3v) is 7.56. The van der Waals surface area contributed by atoms with Gasteiger partial charge in [-0.05, 0) is 19.9 Å². The van der Waals surface area contributed by atoms with Gasteiger partial charge in [-0.3, -0.25) is 4.79 Å². The lowest BCUT2D eigenvalue weighted by atomic mass is 9.76. The van der Waals surface area contributed by atoms with Crippen LogP contribution in [0.1, 0.15) is 27.2 Å². The molecule has 0 amide bonds. The number of hydrogen-bond acceptors (Lipinski definition) is 9. The van der Waals surface area contributed by atoms with Crippen molar-refractivity contribution >= 4 is 17.9 Å². The van der Waals surface area contributed by atoms with Gasteiger partial charge in [0.05, 0.1) is 18.6 Å². The lowest BCUT2D eigenvalue weighted by molar-refractivity contribution is -0.150. The maximum Gasteiger partial charge on any atom is 0.334 e. The topological polar surface area (TPSA) is 124 Å². The van der Waals surface area contributed by atoms with Crippen molar-refractivity contribution in [3.05, 3.63) is 23.8 Å². The summed E-state index contributed by atoms with van der Waals surface area (Å²) in [7, 11) is 0. The molecule has 2 aliphatic carbocycles. The molecule has 3 aliphatic heterocycles.